The summed E-state index contributed by atoms with van der Waals surface area (Å²) in [5, 5.41) is 1.14. The van der Waals surface area contributed by atoms with Crippen LogP contribution in [0.15, 0.2) is 42.5 Å². The first-order valence-electron chi connectivity index (χ1n) is 9.56. The Morgan fingerprint density at radius 2 is 2.07 bits per heavy atom. The molecule has 0 unspecified atom stereocenters. The average molecular weight is 432 g/mol. The molecule has 1 atom stereocenters. The molecular formula is C22H23Cl2N3O2. The van der Waals surface area contributed by atoms with Gasteiger partial charge in [0.25, 0.3) is 0 Å². The predicted octanol–water partition coefficient (Wildman–Crippen LogP) is 5.19. The number of hydrogen-bond donors (Lipinski definition) is 0. The van der Waals surface area contributed by atoms with E-state index in [-0.39, 0.29) is 12.0 Å². The third kappa shape index (κ3) is 5.42. The molecule has 3 rings (SSSR count). The summed E-state index contributed by atoms with van der Waals surface area (Å²) in [5.74, 6) is -0.199. The molecule has 0 spiro atoms. The number of rotatable bonds is 7. The van der Waals surface area contributed by atoms with E-state index in [9.17, 15) is 4.79 Å². The van der Waals surface area contributed by atoms with Crippen LogP contribution < -0.4 is 4.90 Å². The molecule has 0 N–H and O–H groups in total. The van der Waals surface area contributed by atoms with Crippen molar-refractivity contribution in [3.63, 3.8) is 0 Å². The maximum Gasteiger partial charge on any atom is 0.320 e. The smallest absolute Gasteiger partial charge is 0.320 e. The number of likely N-dealkylation sites (tertiary alicyclic amines) is 1. The van der Waals surface area contributed by atoms with Crippen LogP contribution in [0, 0.1) is 6.57 Å². The molecule has 0 aliphatic carbocycles. The molecule has 1 aliphatic rings. The van der Waals surface area contributed by atoms with Crippen molar-refractivity contribution >= 4 is 40.5 Å². The quantitative estimate of drug-likeness (QED) is 0.446. The maximum atomic E-state index is 11.9. The highest BCUT2D eigenvalue weighted by Gasteiger charge is 2.30. The number of nitrogens with zero attached hydrogens (tertiary/aromatic N) is 3. The van der Waals surface area contributed by atoms with Crippen molar-refractivity contribution in [3.8, 4) is 0 Å². The lowest BCUT2D eigenvalue weighted by Gasteiger charge is -2.32. The van der Waals surface area contributed by atoms with Crippen LogP contribution in [0.1, 0.15) is 18.9 Å². The molecule has 1 saturated heterocycles. The van der Waals surface area contributed by atoms with Crippen LogP contribution in [0.4, 0.5) is 11.4 Å². The highest BCUT2D eigenvalue weighted by atomic mass is 35.5. The van der Waals surface area contributed by atoms with Crippen molar-refractivity contribution < 1.29 is 9.53 Å². The molecule has 29 heavy (non-hydrogen) atoms. The summed E-state index contributed by atoms with van der Waals surface area (Å²) in [5.41, 5.74) is 2.39. The first-order valence-corrected chi connectivity index (χ1v) is 10.3. The lowest BCUT2D eigenvalue weighted by Crippen LogP contribution is -2.38. The second kappa shape index (κ2) is 9.98. The van der Waals surface area contributed by atoms with Gasteiger partial charge in [-0.1, -0.05) is 47.5 Å². The summed E-state index contributed by atoms with van der Waals surface area (Å²) in [4.78, 5) is 19.7. The van der Waals surface area contributed by atoms with E-state index in [4.69, 9.17) is 34.5 Å². The Balaban J connectivity index is 1.84. The number of anilines is 1. The molecule has 2 aromatic rings. The number of ether oxygens (including phenoxy) is 1. The van der Waals surface area contributed by atoms with Crippen LogP contribution in [0.3, 0.4) is 0 Å². The van der Waals surface area contributed by atoms with Crippen molar-refractivity contribution in [3.05, 3.63) is 69.5 Å². The Labute approximate surface area is 181 Å². The van der Waals surface area contributed by atoms with Gasteiger partial charge in [0, 0.05) is 41.4 Å². The fourth-order valence-electron chi connectivity index (χ4n) is 3.61. The molecule has 2 aromatic carbocycles. The summed E-state index contributed by atoms with van der Waals surface area (Å²) in [6.45, 7) is 11.9. The van der Waals surface area contributed by atoms with Gasteiger partial charge in [0.15, 0.2) is 0 Å². The first kappa shape index (κ1) is 21.4. The largest absolute Gasteiger partial charge is 0.465 e. The van der Waals surface area contributed by atoms with E-state index in [2.05, 4.69) is 14.6 Å². The summed E-state index contributed by atoms with van der Waals surface area (Å²) < 4.78 is 5.08. The first-order chi connectivity index (χ1) is 14.0. The molecule has 152 valence electrons. The lowest BCUT2D eigenvalue weighted by molar-refractivity contribution is -0.144. The Morgan fingerprint density at radius 1 is 1.28 bits per heavy atom. The third-order valence-electron chi connectivity index (χ3n) is 5.03. The maximum absolute atomic E-state index is 11.9. The predicted molar refractivity (Wildman–Crippen MR) is 117 cm³/mol. The minimum Gasteiger partial charge on any atom is -0.465 e. The van der Waals surface area contributed by atoms with Gasteiger partial charge in [0.05, 0.1) is 19.7 Å². The van der Waals surface area contributed by atoms with Gasteiger partial charge in [-0.05, 0) is 37.1 Å². The zero-order valence-electron chi connectivity index (χ0n) is 16.3. The Morgan fingerprint density at radius 3 is 2.76 bits per heavy atom. The normalized spacial score (nSPS) is 16.4. The monoisotopic (exact) mass is 431 g/mol. The Bertz CT molecular complexity index is 913. The molecule has 5 nitrogen and oxygen atoms in total. The van der Waals surface area contributed by atoms with E-state index < -0.39 is 0 Å². The Hall–Kier alpha value is -2.26. The van der Waals surface area contributed by atoms with E-state index in [0.717, 1.165) is 30.8 Å². The highest BCUT2D eigenvalue weighted by molar-refractivity contribution is 6.33. The molecule has 1 heterocycles. The van der Waals surface area contributed by atoms with E-state index in [0.29, 0.717) is 35.4 Å². The molecule has 0 bridgehead atoms. The number of carbonyl (C=O) groups is 1. The number of carbonyl (C=O) groups excluding carboxylic acids is 1. The van der Waals surface area contributed by atoms with Crippen molar-refractivity contribution in [2.75, 3.05) is 31.1 Å². The van der Waals surface area contributed by atoms with E-state index >= 15 is 0 Å². The standard InChI is InChI=1S/C22H23Cl2N3O2/c1-3-29-22(28)15-26-11-10-18(14-26)27(13-16-6-4-5-7-19(16)23)17-8-9-21(25-2)20(24)12-17/h4-9,12,18H,3,10-11,13-15H2,1H3/t18-/m0/s1. The van der Waals surface area contributed by atoms with Gasteiger partial charge in [-0.2, -0.15) is 0 Å². The van der Waals surface area contributed by atoms with Crippen LogP contribution in [0.25, 0.3) is 4.85 Å². The van der Waals surface area contributed by atoms with Gasteiger partial charge in [0.1, 0.15) is 0 Å². The fraction of sp³-hybridized carbons (Fsp3) is 0.364. The van der Waals surface area contributed by atoms with E-state index in [1.807, 2.05) is 43.3 Å². The molecule has 0 aromatic heterocycles. The molecule has 1 aliphatic heterocycles. The zero-order valence-corrected chi connectivity index (χ0v) is 17.8. The highest BCUT2D eigenvalue weighted by Crippen LogP contribution is 2.33. The van der Waals surface area contributed by atoms with Crippen LogP contribution in [0.5, 0.6) is 0 Å². The number of halogens is 2. The summed E-state index contributed by atoms with van der Waals surface area (Å²) >= 11 is 12.7. The van der Waals surface area contributed by atoms with Crippen LogP contribution in [-0.4, -0.2) is 43.2 Å². The molecular weight excluding hydrogens is 409 g/mol. The van der Waals surface area contributed by atoms with Crippen molar-refractivity contribution in [1.82, 2.24) is 4.90 Å². The van der Waals surface area contributed by atoms with Gasteiger partial charge in [-0.3, -0.25) is 9.69 Å². The van der Waals surface area contributed by atoms with Gasteiger partial charge in [0.2, 0.25) is 5.69 Å². The van der Waals surface area contributed by atoms with Gasteiger partial charge in [-0.15, -0.1) is 0 Å². The molecule has 0 radical (unpaired) electrons. The van der Waals surface area contributed by atoms with Crippen molar-refractivity contribution in [1.29, 1.82) is 0 Å². The molecule has 7 heteroatoms. The van der Waals surface area contributed by atoms with Crippen LogP contribution in [-0.2, 0) is 16.1 Å². The SMILES string of the molecule is [C-]#[N+]c1ccc(N(Cc2ccccc2Cl)[C@H]2CCN(CC(=O)OCC)C2)cc1Cl. The second-order valence-electron chi connectivity index (χ2n) is 6.95. The molecule has 1 fully saturated rings. The van der Waals surface area contributed by atoms with Gasteiger partial charge < -0.3 is 9.64 Å². The van der Waals surface area contributed by atoms with Crippen LogP contribution in [0.2, 0.25) is 10.0 Å². The fourth-order valence-corrected chi connectivity index (χ4v) is 4.02. The topological polar surface area (TPSA) is 37.1 Å². The lowest BCUT2D eigenvalue weighted by atomic mass is 10.1. The Kier molecular flexibility index (Phi) is 7.38. The summed E-state index contributed by atoms with van der Waals surface area (Å²) in [6, 6.07) is 13.5. The zero-order chi connectivity index (χ0) is 20.8. The molecule has 0 saturated carbocycles. The average Bonchev–Trinajstić information content (AvgIpc) is 3.15. The number of benzene rings is 2. The van der Waals surface area contributed by atoms with Crippen LogP contribution >= 0.6 is 23.2 Å². The summed E-state index contributed by atoms with van der Waals surface area (Å²) in [7, 11) is 0. The van der Waals surface area contributed by atoms with E-state index in [1.54, 1.807) is 6.07 Å². The number of hydrogen-bond acceptors (Lipinski definition) is 4. The summed E-state index contributed by atoms with van der Waals surface area (Å²) in [6.07, 6.45) is 0.909. The van der Waals surface area contributed by atoms with E-state index in [1.165, 1.54) is 0 Å². The van der Waals surface area contributed by atoms with Crippen molar-refractivity contribution in [2.24, 2.45) is 0 Å². The third-order valence-corrected chi connectivity index (χ3v) is 5.70. The second-order valence-corrected chi connectivity index (χ2v) is 7.76. The van der Waals surface area contributed by atoms with Crippen molar-refractivity contribution in [2.45, 2.75) is 25.9 Å². The minimum absolute atomic E-state index is 0.190. The van der Waals surface area contributed by atoms with Gasteiger partial charge >= 0.3 is 5.97 Å². The number of esters is 1. The van der Waals surface area contributed by atoms with Gasteiger partial charge in [-0.25, -0.2) is 4.85 Å². The molecule has 0 amide bonds. The minimum atomic E-state index is -0.199.